The number of rotatable bonds is 5. The van der Waals surface area contributed by atoms with Gasteiger partial charge in [-0.05, 0) is 30.2 Å². The van der Waals surface area contributed by atoms with Crippen LogP contribution in [0.1, 0.15) is 12.0 Å². The fourth-order valence-electron chi connectivity index (χ4n) is 1.35. The van der Waals surface area contributed by atoms with Gasteiger partial charge in [-0.3, -0.25) is 4.79 Å². The zero-order chi connectivity index (χ0) is 12.7. The summed E-state index contributed by atoms with van der Waals surface area (Å²) in [7, 11) is 1.35. The van der Waals surface area contributed by atoms with Crippen molar-refractivity contribution in [3.63, 3.8) is 0 Å². The fourth-order valence-corrected chi connectivity index (χ4v) is 1.35. The molecule has 0 aliphatic heterocycles. The van der Waals surface area contributed by atoms with E-state index in [1.54, 1.807) is 12.1 Å². The van der Waals surface area contributed by atoms with Crippen LogP contribution in [0.4, 0.5) is 4.39 Å². The number of esters is 1. The molecule has 0 heterocycles. The first-order chi connectivity index (χ1) is 8.15. The number of carbonyl (C=O) groups is 1. The Morgan fingerprint density at radius 3 is 2.65 bits per heavy atom. The van der Waals surface area contributed by atoms with Gasteiger partial charge >= 0.3 is 5.97 Å². The highest BCUT2D eigenvalue weighted by atomic mass is 19.1. The van der Waals surface area contributed by atoms with Gasteiger partial charge in [-0.15, -0.1) is 0 Å². The third kappa shape index (κ3) is 4.78. The van der Waals surface area contributed by atoms with Gasteiger partial charge in [-0.2, -0.15) is 0 Å². The molecule has 0 bridgehead atoms. The highest BCUT2D eigenvalue weighted by Crippen LogP contribution is 2.10. The van der Waals surface area contributed by atoms with Crippen molar-refractivity contribution in [2.45, 2.75) is 6.42 Å². The van der Waals surface area contributed by atoms with E-state index in [1.807, 2.05) is 12.2 Å². The summed E-state index contributed by atoms with van der Waals surface area (Å²) in [5.41, 5.74) is 6.42. The van der Waals surface area contributed by atoms with Crippen LogP contribution in [0.5, 0.6) is 0 Å². The maximum absolute atomic E-state index is 12.7. The molecule has 4 heteroatoms. The van der Waals surface area contributed by atoms with Crippen molar-refractivity contribution >= 4 is 12.0 Å². The number of methoxy groups -OCH3 is 1. The molecule has 0 aliphatic carbocycles. The molecule has 1 atom stereocenters. The Labute approximate surface area is 100 Å². The Morgan fingerprint density at radius 1 is 1.47 bits per heavy atom. The van der Waals surface area contributed by atoms with Crippen molar-refractivity contribution in [3.8, 4) is 0 Å². The van der Waals surface area contributed by atoms with Gasteiger partial charge in [-0.25, -0.2) is 4.39 Å². The van der Waals surface area contributed by atoms with Crippen molar-refractivity contribution in [2.75, 3.05) is 13.7 Å². The number of ether oxygens (including phenoxy) is 1. The summed E-state index contributed by atoms with van der Waals surface area (Å²) in [5.74, 6) is -0.621. The Balaban J connectivity index is 2.61. The van der Waals surface area contributed by atoms with E-state index in [4.69, 9.17) is 5.73 Å². The molecule has 0 radical (unpaired) electrons. The third-order valence-electron chi connectivity index (χ3n) is 2.39. The number of hydrogen-bond acceptors (Lipinski definition) is 3. The third-order valence-corrected chi connectivity index (χ3v) is 2.39. The van der Waals surface area contributed by atoms with Gasteiger partial charge < -0.3 is 10.5 Å². The lowest BCUT2D eigenvalue weighted by Crippen LogP contribution is -2.16. The van der Waals surface area contributed by atoms with Crippen molar-refractivity contribution in [3.05, 3.63) is 41.7 Å². The molecule has 1 unspecified atom stereocenters. The van der Waals surface area contributed by atoms with Gasteiger partial charge in [0.1, 0.15) is 5.82 Å². The Hall–Kier alpha value is -1.68. The number of carbonyl (C=O) groups excluding carboxylic acids is 1. The Kier molecular flexibility index (Phi) is 5.36. The minimum Gasteiger partial charge on any atom is -0.469 e. The zero-order valence-electron chi connectivity index (χ0n) is 9.73. The molecule has 0 fully saturated rings. The highest BCUT2D eigenvalue weighted by molar-refractivity contribution is 5.70. The minimum atomic E-state index is -0.288. The first-order valence-electron chi connectivity index (χ1n) is 5.36. The standard InChI is InChI=1S/C13H16FNO2/c1-17-13(16)8-11(9-15)3-2-10-4-6-12(14)7-5-10/h2-7,11H,8-9,15H2,1H3/b3-2+. The zero-order valence-corrected chi connectivity index (χ0v) is 9.73. The molecule has 0 amide bonds. The van der Waals surface area contributed by atoms with Gasteiger partial charge in [0.15, 0.2) is 0 Å². The molecule has 1 aromatic rings. The molecule has 0 aromatic heterocycles. The predicted octanol–water partition coefficient (Wildman–Crippen LogP) is 1.98. The molecule has 3 nitrogen and oxygen atoms in total. The highest BCUT2D eigenvalue weighted by Gasteiger charge is 2.09. The lowest BCUT2D eigenvalue weighted by atomic mass is 10.0. The molecule has 92 valence electrons. The van der Waals surface area contributed by atoms with Crippen LogP contribution in [-0.2, 0) is 9.53 Å². The van der Waals surface area contributed by atoms with Gasteiger partial charge in [0.05, 0.1) is 13.5 Å². The summed E-state index contributed by atoms with van der Waals surface area (Å²) in [6, 6.07) is 6.10. The Bertz CT molecular complexity index is 387. The predicted molar refractivity (Wildman–Crippen MR) is 64.6 cm³/mol. The second-order valence-electron chi connectivity index (χ2n) is 3.69. The number of hydrogen-bond donors (Lipinski definition) is 1. The van der Waals surface area contributed by atoms with E-state index in [-0.39, 0.29) is 24.1 Å². The first kappa shape index (κ1) is 13.4. The quantitative estimate of drug-likeness (QED) is 0.797. The van der Waals surface area contributed by atoms with E-state index in [9.17, 15) is 9.18 Å². The van der Waals surface area contributed by atoms with Crippen LogP contribution < -0.4 is 5.73 Å². The summed E-state index contributed by atoms with van der Waals surface area (Å²) < 4.78 is 17.2. The molecule has 1 aromatic carbocycles. The molecule has 0 saturated heterocycles. The summed E-state index contributed by atoms with van der Waals surface area (Å²) in [6.07, 6.45) is 3.91. The number of halogens is 1. The maximum Gasteiger partial charge on any atom is 0.306 e. The average Bonchev–Trinajstić information content (AvgIpc) is 2.36. The SMILES string of the molecule is COC(=O)CC(/C=C/c1ccc(F)cc1)CN. The topological polar surface area (TPSA) is 52.3 Å². The molecule has 1 rings (SSSR count). The van der Waals surface area contributed by atoms with E-state index < -0.39 is 0 Å². The second kappa shape index (κ2) is 6.81. The van der Waals surface area contributed by atoms with E-state index in [0.29, 0.717) is 6.54 Å². The van der Waals surface area contributed by atoms with Crippen LogP contribution in [0, 0.1) is 11.7 Å². The number of nitrogens with two attached hydrogens (primary N) is 1. The van der Waals surface area contributed by atoms with Crippen LogP contribution in [0.2, 0.25) is 0 Å². The van der Waals surface area contributed by atoms with Gasteiger partial charge in [0.25, 0.3) is 0 Å². The summed E-state index contributed by atoms with van der Waals surface area (Å²) >= 11 is 0. The largest absolute Gasteiger partial charge is 0.469 e. The lowest BCUT2D eigenvalue weighted by Gasteiger charge is -2.07. The average molecular weight is 237 g/mol. The van der Waals surface area contributed by atoms with Crippen molar-refractivity contribution in [1.29, 1.82) is 0 Å². The molecular formula is C13H16FNO2. The van der Waals surface area contributed by atoms with Crippen LogP contribution in [0.25, 0.3) is 6.08 Å². The summed E-state index contributed by atoms with van der Waals surface area (Å²) in [4.78, 5) is 11.1. The van der Waals surface area contributed by atoms with Gasteiger partial charge in [-0.1, -0.05) is 24.3 Å². The maximum atomic E-state index is 12.7. The Morgan fingerprint density at radius 2 is 2.12 bits per heavy atom. The van der Waals surface area contributed by atoms with E-state index in [2.05, 4.69) is 4.74 Å². The smallest absolute Gasteiger partial charge is 0.306 e. The van der Waals surface area contributed by atoms with Crippen LogP contribution in [-0.4, -0.2) is 19.6 Å². The van der Waals surface area contributed by atoms with Crippen LogP contribution >= 0.6 is 0 Å². The second-order valence-corrected chi connectivity index (χ2v) is 3.69. The lowest BCUT2D eigenvalue weighted by molar-refractivity contribution is -0.141. The van der Waals surface area contributed by atoms with Gasteiger partial charge in [0, 0.05) is 0 Å². The van der Waals surface area contributed by atoms with Crippen LogP contribution in [0.15, 0.2) is 30.3 Å². The van der Waals surface area contributed by atoms with Crippen molar-refractivity contribution in [2.24, 2.45) is 11.7 Å². The van der Waals surface area contributed by atoms with Gasteiger partial charge in [0.2, 0.25) is 0 Å². The molecule has 0 aliphatic rings. The molecule has 17 heavy (non-hydrogen) atoms. The van der Waals surface area contributed by atoms with Crippen molar-refractivity contribution < 1.29 is 13.9 Å². The summed E-state index contributed by atoms with van der Waals surface area (Å²) in [5, 5.41) is 0. The molecular weight excluding hydrogens is 221 g/mol. The van der Waals surface area contributed by atoms with Crippen molar-refractivity contribution in [1.82, 2.24) is 0 Å². The molecule has 0 spiro atoms. The monoisotopic (exact) mass is 237 g/mol. The minimum absolute atomic E-state index is 0.0625. The van der Waals surface area contributed by atoms with E-state index >= 15 is 0 Å². The van der Waals surface area contributed by atoms with E-state index in [1.165, 1.54) is 19.2 Å². The van der Waals surface area contributed by atoms with Crippen LogP contribution in [0.3, 0.4) is 0 Å². The normalized spacial score (nSPS) is 12.6. The molecule has 2 N–H and O–H groups in total. The fraction of sp³-hybridized carbons (Fsp3) is 0.308. The number of benzene rings is 1. The first-order valence-corrected chi connectivity index (χ1v) is 5.36. The van der Waals surface area contributed by atoms with E-state index in [0.717, 1.165) is 5.56 Å². The summed E-state index contributed by atoms with van der Waals surface area (Å²) in [6.45, 7) is 0.368. The molecule has 0 saturated carbocycles.